The Morgan fingerprint density at radius 3 is 3.13 bits per heavy atom. The van der Waals surface area contributed by atoms with E-state index < -0.39 is 0 Å². The molecule has 2 saturated heterocycles. The summed E-state index contributed by atoms with van der Waals surface area (Å²) in [5.41, 5.74) is 0. The Labute approximate surface area is 91.0 Å². The number of nitrogens with zero attached hydrogens (tertiary/aromatic N) is 1. The maximum atomic E-state index is 11.8. The molecule has 2 aliphatic rings. The monoisotopic (exact) mass is 212 g/mol. The first-order valence-electron chi connectivity index (χ1n) is 5.81. The second kappa shape index (κ2) is 4.94. The van der Waals surface area contributed by atoms with Gasteiger partial charge in [0, 0.05) is 39.3 Å². The minimum absolute atomic E-state index is 0.295. The lowest BCUT2D eigenvalue weighted by Crippen LogP contribution is -2.33. The van der Waals surface area contributed by atoms with Gasteiger partial charge in [0.1, 0.15) is 0 Å². The smallest absolute Gasteiger partial charge is 0.222 e. The first kappa shape index (κ1) is 10.9. The SMILES string of the molecule is COCCCC(=O)N1C[C@@H]2CCN[C@@H]2C1. The number of hydrogen-bond acceptors (Lipinski definition) is 3. The molecule has 0 spiro atoms. The molecule has 0 aromatic heterocycles. The molecule has 0 aromatic rings. The number of carbonyl (C=O) groups excluding carboxylic acids is 1. The molecule has 1 N–H and O–H groups in total. The second-order valence-electron chi connectivity index (χ2n) is 4.50. The number of fused-ring (bicyclic) bond motifs is 1. The van der Waals surface area contributed by atoms with E-state index in [4.69, 9.17) is 4.74 Å². The van der Waals surface area contributed by atoms with E-state index in [1.807, 2.05) is 4.90 Å². The number of amides is 1. The summed E-state index contributed by atoms with van der Waals surface area (Å²) in [6.07, 6.45) is 2.70. The first-order valence-corrected chi connectivity index (χ1v) is 5.81. The van der Waals surface area contributed by atoms with Crippen molar-refractivity contribution < 1.29 is 9.53 Å². The number of carbonyl (C=O) groups is 1. The molecule has 0 unspecified atom stereocenters. The quantitative estimate of drug-likeness (QED) is 0.678. The number of hydrogen-bond donors (Lipinski definition) is 1. The molecule has 0 aromatic carbocycles. The molecule has 2 aliphatic heterocycles. The van der Waals surface area contributed by atoms with Crippen molar-refractivity contribution in [2.24, 2.45) is 5.92 Å². The van der Waals surface area contributed by atoms with E-state index in [2.05, 4.69) is 5.32 Å². The van der Waals surface area contributed by atoms with Gasteiger partial charge in [-0.2, -0.15) is 0 Å². The predicted octanol–water partition coefficient (Wildman–Crippen LogP) is 0.233. The zero-order chi connectivity index (χ0) is 10.7. The summed E-state index contributed by atoms with van der Waals surface area (Å²) in [5, 5.41) is 3.45. The minimum atomic E-state index is 0.295. The Bertz CT molecular complexity index is 221. The molecule has 4 nitrogen and oxygen atoms in total. The molecule has 2 heterocycles. The minimum Gasteiger partial charge on any atom is -0.385 e. The maximum absolute atomic E-state index is 11.8. The molecule has 1 amide bonds. The van der Waals surface area contributed by atoms with Crippen molar-refractivity contribution in [1.82, 2.24) is 10.2 Å². The Morgan fingerprint density at radius 1 is 1.53 bits per heavy atom. The summed E-state index contributed by atoms with van der Waals surface area (Å²) in [5.74, 6) is 1.000. The van der Waals surface area contributed by atoms with Gasteiger partial charge >= 0.3 is 0 Å². The molecule has 15 heavy (non-hydrogen) atoms. The summed E-state index contributed by atoms with van der Waals surface area (Å²) in [6.45, 7) is 3.69. The average molecular weight is 212 g/mol. The summed E-state index contributed by atoms with van der Waals surface area (Å²) in [6, 6.07) is 0.566. The van der Waals surface area contributed by atoms with Gasteiger partial charge in [0.05, 0.1) is 0 Å². The van der Waals surface area contributed by atoms with Crippen LogP contribution in [0, 0.1) is 5.92 Å². The third-order valence-corrected chi connectivity index (χ3v) is 3.45. The van der Waals surface area contributed by atoms with Crippen LogP contribution in [0.3, 0.4) is 0 Å². The molecule has 2 atom stereocenters. The van der Waals surface area contributed by atoms with Crippen molar-refractivity contribution in [2.45, 2.75) is 25.3 Å². The summed E-state index contributed by atoms with van der Waals surface area (Å²) < 4.78 is 4.95. The fourth-order valence-corrected chi connectivity index (χ4v) is 2.58. The highest BCUT2D eigenvalue weighted by atomic mass is 16.5. The second-order valence-corrected chi connectivity index (χ2v) is 4.50. The Morgan fingerprint density at radius 2 is 2.40 bits per heavy atom. The van der Waals surface area contributed by atoms with Crippen LogP contribution in [0.1, 0.15) is 19.3 Å². The van der Waals surface area contributed by atoms with E-state index >= 15 is 0 Å². The topological polar surface area (TPSA) is 41.6 Å². The molecule has 4 heteroatoms. The van der Waals surface area contributed by atoms with Crippen molar-refractivity contribution in [3.8, 4) is 0 Å². The van der Waals surface area contributed by atoms with Gasteiger partial charge < -0.3 is 15.0 Å². The molecule has 2 fully saturated rings. The van der Waals surface area contributed by atoms with Gasteiger partial charge in [0.25, 0.3) is 0 Å². The Hall–Kier alpha value is -0.610. The van der Waals surface area contributed by atoms with Crippen LogP contribution in [-0.4, -0.2) is 50.2 Å². The molecular weight excluding hydrogens is 192 g/mol. The van der Waals surface area contributed by atoms with Crippen LogP contribution in [0.25, 0.3) is 0 Å². The number of methoxy groups -OCH3 is 1. The van der Waals surface area contributed by atoms with E-state index in [0.717, 1.165) is 26.1 Å². The van der Waals surface area contributed by atoms with Crippen molar-refractivity contribution in [3.63, 3.8) is 0 Å². The molecule has 0 bridgehead atoms. The third-order valence-electron chi connectivity index (χ3n) is 3.45. The maximum Gasteiger partial charge on any atom is 0.222 e. The fraction of sp³-hybridized carbons (Fsp3) is 0.909. The van der Waals surface area contributed by atoms with Gasteiger partial charge in [-0.3, -0.25) is 4.79 Å². The Kier molecular flexibility index (Phi) is 3.59. The van der Waals surface area contributed by atoms with E-state index in [1.54, 1.807) is 7.11 Å². The van der Waals surface area contributed by atoms with Crippen LogP contribution < -0.4 is 5.32 Å². The number of nitrogens with one attached hydrogen (secondary N) is 1. The van der Waals surface area contributed by atoms with E-state index in [-0.39, 0.29) is 0 Å². The first-order chi connectivity index (χ1) is 7.31. The molecule has 0 aliphatic carbocycles. The van der Waals surface area contributed by atoms with Crippen molar-refractivity contribution >= 4 is 5.91 Å². The van der Waals surface area contributed by atoms with Gasteiger partial charge in [-0.05, 0) is 25.3 Å². The van der Waals surface area contributed by atoms with Crippen molar-refractivity contribution in [2.75, 3.05) is 33.4 Å². The molecule has 86 valence electrons. The highest BCUT2D eigenvalue weighted by molar-refractivity contribution is 5.76. The van der Waals surface area contributed by atoms with Crippen LogP contribution in [0.5, 0.6) is 0 Å². The lowest BCUT2D eigenvalue weighted by molar-refractivity contribution is -0.130. The van der Waals surface area contributed by atoms with E-state index in [0.29, 0.717) is 30.9 Å². The normalized spacial score (nSPS) is 29.5. The number of rotatable bonds is 4. The van der Waals surface area contributed by atoms with Crippen LogP contribution in [0.2, 0.25) is 0 Å². The van der Waals surface area contributed by atoms with Gasteiger partial charge in [-0.25, -0.2) is 0 Å². The van der Waals surface area contributed by atoms with Crippen LogP contribution >= 0.6 is 0 Å². The lowest BCUT2D eigenvalue weighted by atomic mass is 10.1. The van der Waals surface area contributed by atoms with Crippen LogP contribution in [-0.2, 0) is 9.53 Å². The standard InChI is InChI=1S/C11H20N2O2/c1-15-6-2-3-11(14)13-7-9-4-5-12-10(9)8-13/h9-10,12H,2-8H2,1H3/t9-,10+/m0/s1. The lowest BCUT2D eigenvalue weighted by Gasteiger charge is -2.17. The number of likely N-dealkylation sites (tertiary alicyclic amines) is 1. The van der Waals surface area contributed by atoms with E-state index in [9.17, 15) is 4.79 Å². The zero-order valence-electron chi connectivity index (χ0n) is 9.37. The third kappa shape index (κ3) is 2.49. The molecule has 0 radical (unpaired) electrons. The fourth-order valence-electron chi connectivity index (χ4n) is 2.58. The summed E-state index contributed by atoms with van der Waals surface area (Å²) in [4.78, 5) is 13.8. The van der Waals surface area contributed by atoms with Gasteiger partial charge in [-0.1, -0.05) is 0 Å². The van der Waals surface area contributed by atoms with Gasteiger partial charge in [-0.15, -0.1) is 0 Å². The van der Waals surface area contributed by atoms with Gasteiger partial charge in [0.15, 0.2) is 0 Å². The highest BCUT2D eigenvalue weighted by Gasteiger charge is 2.37. The number of ether oxygens (including phenoxy) is 1. The zero-order valence-corrected chi connectivity index (χ0v) is 9.37. The van der Waals surface area contributed by atoms with E-state index in [1.165, 1.54) is 6.42 Å². The summed E-state index contributed by atoms with van der Waals surface area (Å²) >= 11 is 0. The largest absolute Gasteiger partial charge is 0.385 e. The van der Waals surface area contributed by atoms with Crippen LogP contribution in [0.4, 0.5) is 0 Å². The predicted molar refractivity (Wildman–Crippen MR) is 57.6 cm³/mol. The molecular formula is C11H20N2O2. The molecule has 0 saturated carbocycles. The Balaban J connectivity index is 1.73. The highest BCUT2D eigenvalue weighted by Crippen LogP contribution is 2.24. The molecule has 2 rings (SSSR count). The van der Waals surface area contributed by atoms with Crippen molar-refractivity contribution in [3.05, 3.63) is 0 Å². The van der Waals surface area contributed by atoms with Crippen molar-refractivity contribution in [1.29, 1.82) is 0 Å². The average Bonchev–Trinajstić information content (AvgIpc) is 2.76. The summed E-state index contributed by atoms with van der Waals surface area (Å²) in [7, 11) is 1.68. The van der Waals surface area contributed by atoms with Gasteiger partial charge in [0.2, 0.25) is 5.91 Å². The van der Waals surface area contributed by atoms with Crippen LogP contribution in [0.15, 0.2) is 0 Å².